The molecule has 1 saturated carbocycles. The van der Waals surface area contributed by atoms with Crippen LogP contribution < -0.4 is 5.32 Å². The van der Waals surface area contributed by atoms with Gasteiger partial charge in [-0.3, -0.25) is 14.6 Å². The summed E-state index contributed by atoms with van der Waals surface area (Å²) in [5, 5.41) is 11.1. The second kappa shape index (κ2) is 7.85. The van der Waals surface area contributed by atoms with E-state index in [4.69, 9.17) is 4.42 Å². The molecule has 0 radical (unpaired) electrons. The highest BCUT2D eigenvalue weighted by molar-refractivity contribution is 5.96. The molecule has 0 bridgehead atoms. The van der Waals surface area contributed by atoms with Gasteiger partial charge in [-0.1, -0.05) is 6.42 Å². The SMILES string of the molecule is O=C(NCC(=O)N1CCCCC1c1nnc(C2CCC2)o1)c1cccnc1. The fourth-order valence-electron chi connectivity index (χ4n) is 3.54. The average Bonchev–Trinajstić information content (AvgIpc) is 3.14. The molecule has 1 atom stereocenters. The summed E-state index contributed by atoms with van der Waals surface area (Å²) in [4.78, 5) is 30.5. The molecule has 0 spiro atoms. The molecule has 2 aromatic heterocycles. The van der Waals surface area contributed by atoms with Crippen molar-refractivity contribution in [2.24, 2.45) is 0 Å². The van der Waals surface area contributed by atoms with E-state index in [0.29, 0.717) is 29.8 Å². The molecular formula is C19H23N5O3. The Morgan fingerprint density at radius 2 is 2.00 bits per heavy atom. The normalized spacial score (nSPS) is 20.1. The zero-order valence-corrected chi connectivity index (χ0v) is 15.1. The van der Waals surface area contributed by atoms with Crippen molar-refractivity contribution in [3.8, 4) is 0 Å². The summed E-state index contributed by atoms with van der Waals surface area (Å²) in [6.07, 6.45) is 9.21. The summed E-state index contributed by atoms with van der Waals surface area (Å²) in [5.41, 5.74) is 0.433. The molecule has 1 aliphatic carbocycles. The Hall–Kier alpha value is -2.77. The van der Waals surface area contributed by atoms with Crippen LogP contribution in [-0.2, 0) is 4.79 Å². The fourth-order valence-corrected chi connectivity index (χ4v) is 3.54. The number of hydrogen-bond acceptors (Lipinski definition) is 6. The number of aromatic nitrogens is 3. The minimum Gasteiger partial charge on any atom is -0.423 e. The molecule has 8 heteroatoms. The first-order valence-electron chi connectivity index (χ1n) is 9.53. The number of amides is 2. The van der Waals surface area contributed by atoms with Crippen LogP contribution in [0.3, 0.4) is 0 Å². The molecular weight excluding hydrogens is 346 g/mol. The molecule has 2 fully saturated rings. The minimum absolute atomic E-state index is 0.0617. The first-order valence-corrected chi connectivity index (χ1v) is 9.53. The Labute approximate surface area is 157 Å². The number of carbonyl (C=O) groups excluding carboxylic acids is 2. The molecule has 27 heavy (non-hydrogen) atoms. The highest BCUT2D eigenvalue weighted by Crippen LogP contribution is 2.37. The highest BCUT2D eigenvalue weighted by atomic mass is 16.4. The molecule has 2 amide bonds. The van der Waals surface area contributed by atoms with Gasteiger partial charge in [-0.05, 0) is 44.2 Å². The van der Waals surface area contributed by atoms with Gasteiger partial charge >= 0.3 is 0 Å². The van der Waals surface area contributed by atoms with Crippen molar-refractivity contribution in [3.05, 3.63) is 41.9 Å². The second-order valence-corrected chi connectivity index (χ2v) is 7.13. The van der Waals surface area contributed by atoms with Gasteiger partial charge in [0.1, 0.15) is 6.04 Å². The van der Waals surface area contributed by atoms with Gasteiger partial charge in [0.15, 0.2) is 0 Å². The molecule has 1 saturated heterocycles. The summed E-state index contributed by atoms with van der Waals surface area (Å²) in [6, 6.07) is 3.15. The first-order chi connectivity index (χ1) is 13.2. The van der Waals surface area contributed by atoms with Gasteiger partial charge in [-0.25, -0.2) is 0 Å². The Morgan fingerprint density at radius 3 is 2.74 bits per heavy atom. The summed E-state index contributed by atoms with van der Waals surface area (Å²) >= 11 is 0. The van der Waals surface area contributed by atoms with Crippen LogP contribution in [0.15, 0.2) is 28.9 Å². The maximum Gasteiger partial charge on any atom is 0.253 e. The van der Waals surface area contributed by atoms with Gasteiger partial charge in [-0.2, -0.15) is 0 Å². The molecule has 142 valence electrons. The fraction of sp³-hybridized carbons (Fsp3) is 0.526. The van der Waals surface area contributed by atoms with Crippen molar-refractivity contribution < 1.29 is 14.0 Å². The zero-order valence-electron chi connectivity index (χ0n) is 15.1. The van der Waals surface area contributed by atoms with Crippen LogP contribution in [0.4, 0.5) is 0 Å². The van der Waals surface area contributed by atoms with E-state index < -0.39 is 0 Å². The predicted molar refractivity (Wildman–Crippen MR) is 95.8 cm³/mol. The van der Waals surface area contributed by atoms with E-state index in [-0.39, 0.29) is 24.4 Å². The number of likely N-dealkylation sites (tertiary alicyclic amines) is 1. The lowest BCUT2D eigenvalue weighted by Gasteiger charge is -2.33. The van der Waals surface area contributed by atoms with Crippen molar-refractivity contribution in [3.63, 3.8) is 0 Å². The van der Waals surface area contributed by atoms with E-state index in [2.05, 4.69) is 20.5 Å². The molecule has 1 N–H and O–H groups in total. The number of hydrogen-bond donors (Lipinski definition) is 1. The molecule has 3 heterocycles. The Balaban J connectivity index is 1.40. The molecule has 0 aromatic carbocycles. The van der Waals surface area contributed by atoms with Crippen LogP contribution in [0, 0.1) is 0 Å². The van der Waals surface area contributed by atoms with Crippen LogP contribution >= 0.6 is 0 Å². The van der Waals surface area contributed by atoms with Crippen molar-refractivity contribution in [1.82, 2.24) is 25.4 Å². The van der Waals surface area contributed by atoms with Gasteiger partial charge in [-0.15, -0.1) is 10.2 Å². The average molecular weight is 369 g/mol. The van der Waals surface area contributed by atoms with Gasteiger partial charge in [0.2, 0.25) is 17.7 Å². The third-order valence-electron chi connectivity index (χ3n) is 5.34. The number of nitrogens with zero attached hydrogens (tertiary/aromatic N) is 4. The lowest BCUT2D eigenvalue weighted by atomic mass is 9.85. The van der Waals surface area contributed by atoms with Gasteiger partial charge in [0, 0.05) is 24.9 Å². The predicted octanol–water partition coefficient (Wildman–Crippen LogP) is 2.22. The molecule has 2 aromatic rings. The third-order valence-corrected chi connectivity index (χ3v) is 5.34. The molecule has 1 unspecified atom stereocenters. The Bertz CT molecular complexity index is 803. The summed E-state index contributed by atoms with van der Waals surface area (Å²) < 4.78 is 5.89. The summed E-state index contributed by atoms with van der Waals surface area (Å²) in [5.74, 6) is 1.14. The van der Waals surface area contributed by atoms with Crippen LogP contribution in [-0.4, -0.2) is 45.0 Å². The molecule has 4 rings (SSSR count). The van der Waals surface area contributed by atoms with E-state index in [0.717, 1.165) is 32.1 Å². The van der Waals surface area contributed by atoms with Crippen molar-refractivity contribution >= 4 is 11.8 Å². The van der Waals surface area contributed by atoms with E-state index in [1.807, 2.05) is 0 Å². The van der Waals surface area contributed by atoms with Crippen LogP contribution in [0.1, 0.15) is 72.6 Å². The summed E-state index contributed by atoms with van der Waals surface area (Å²) in [7, 11) is 0. The van der Waals surface area contributed by atoms with Crippen molar-refractivity contribution in [2.45, 2.75) is 50.5 Å². The Morgan fingerprint density at radius 1 is 1.15 bits per heavy atom. The second-order valence-electron chi connectivity index (χ2n) is 7.13. The number of piperidine rings is 1. The van der Waals surface area contributed by atoms with Crippen molar-refractivity contribution in [2.75, 3.05) is 13.1 Å². The smallest absolute Gasteiger partial charge is 0.253 e. The van der Waals surface area contributed by atoms with Crippen LogP contribution in [0.2, 0.25) is 0 Å². The van der Waals surface area contributed by atoms with Crippen molar-refractivity contribution in [1.29, 1.82) is 0 Å². The quantitative estimate of drug-likeness (QED) is 0.867. The monoisotopic (exact) mass is 369 g/mol. The minimum atomic E-state index is -0.310. The van der Waals surface area contributed by atoms with E-state index >= 15 is 0 Å². The van der Waals surface area contributed by atoms with Crippen LogP contribution in [0.5, 0.6) is 0 Å². The zero-order chi connectivity index (χ0) is 18.6. The largest absolute Gasteiger partial charge is 0.423 e. The number of carbonyl (C=O) groups is 2. The first kappa shape index (κ1) is 17.6. The van der Waals surface area contributed by atoms with Gasteiger partial charge < -0.3 is 14.6 Å². The third kappa shape index (κ3) is 3.84. The molecule has 1 aliphatic heterocycles. The number of pyridine rings is 1. The van der Waals surface area contributed by atoms with Gasteiger partial charge in [0.25, 0.3) is 5.91 Å². The summed E-state index contributed by atoms with van der Waals surface area (Å²) in [6.45, 7) is 0.571. The lowest BCUT2D eigenvalue weighted by Crippen LogP contribution is -2.44. The number of rotatable bonds is 5. The van der Waals surface area contributed by atoms with E-state index in [9.17, 15) is 9.59 Å². The Kier molecular flexibility index (Phi) is 5.13. The van der Waals surface area contributed by atoms with E-state index in [1.165, 1.54) is 12.6 Å². The molecule has 8 nitrogen and oxygen atoms in total. The topological polar surface area (TPSA) is 101 Å². The van der Waals surface area contributed by atoms with Crippen LogP contribution in [0.25, 0.3) is 0 Å². The standard InChI is InChI=1S/C19H23N5O3/c25-16(12-21-17(26)14-7-4-9-20-11-14)24-10-2-1-8-15(24)19-23-22-18(27-19)13-5-3-6-13/h4,7,9,11,13,15H,1-3,5-6,8,10,12H2,(H,21,26). The number of nitrogens with one attached hydrogen (secondary N) is 1. The molecule has 2 aliphatic rings. The van der Waals surface area contributed by atoms with E-state index in [1.54, 1.807) is 23.2 Å². The van der Waals surface area contributed by atoms with Gasteiger partial charge in [0.05, 0.1) is 12.1 Å². The lowest BCUT2D eigenvalue weighted by molar-refractivity contribution is -0.134. The maximum absolute atomic E-state index is 12.7. The maximum atomic E-state index is 12.7. The highest BCUT2D eigenvalue weighted by Gasteiger charge is 2.33.